The van der Waals surface area contributed by atoms with Gasteiger partial charge in [0.25, 0.3) is 0 Å². The molecule has 3 aromatic rings. The van der Waals surface area contributed by atoms with Crippen LogP contribution in [0.25, 0.3) is 11.5 Å². The number of rotatable bonds is 8. The van der Waals surface area contributed by atoms with E-state index >= 15 is 0 Å². The topological polar surface area (TPSA) is 94.6 Å². The van der Waals surface area contributed by atoms with E-state index in [2.05, 4.69) is 4.98 Å². The minimum atomic E-state index is -3.65. The van der Waals surface area contributed by atoms with Gasteiger partial charge in [0.1, 0.15) is 29.2 Å². The Balaban J connectivity index is 1.71. The summed E-state index contributed by atoms with van der Waals surface area (Å²) in [6.07, 6.45) is 2.84. The fourth-order valence-electron chi connectivity index (χ4n) is 2.89. The van der Waals surface area contributed by atoms with E-state index in [-0.39, 0.29) is 17.2 Å². The van der Waals surface area contributed by atoms with Gasteiger partial charge in [-0.3, -0.25) is 0 Å². The summed E-state index contributed by atoms with van der Waals surface area (Å²) in [5.74, 6) is -0.208. The van der Waals surface area contributed by atoms with E-state index in [1.807, 2.05) is 30.3 Å². The molecule has 0 aliphatic carbocycles. The van der Waals surface area contributed by atoms with Crippen LogP contribution in [0.15, 0.2) is 58.2 Å². The first-order valence-corrected chi connectivity index (χ1v) is 10.6. The highest BCUT2D eigenvalue weighted by Crippen LogP contribution is 2.21. The number of benzene rings is 1. The van der Waals surface area contributed by atoms with Crippen molar-refractivity contribution in [2.75, 3.05) is 13.1 Å². The molecule has 0 amide bonds. The first-order chi connectivity index (χ1) is 13.9. The van der Waals surface area contributed by atoms with Crippen LogP contribution in [0.1, 0.15) is 30.0 Å². The molecule has 2 aromatic heterocycles. The van der Waals surface area contributed by atoms with Crippen molar-refractivity contribution < 1.29 is 22.4 Å². The van der Waals surface area contributed by atoms with Gasteiger partial charge in [0.05, 0.1) is 0 Å². The summed E-state index contributed by atoms with van der Waals surface area (Å²) in [6.45, 7) is 4.15. The molecule has 3 rings (SSSR count). The number of aromatic nitrogens is 2. The van der Waals surface area contributed by atoms with E-state index in [4.69, 9.17) is 9.15 Å². The minimum Gasteiger partial charge on any atom is -0.454 e. The molecule has 0 N–H and O–H groups in total. The van der Waals surface area contributed by atoms with Gasteiger partial charge in [-0.1, -0.05) is 32.0 Å². The molecular formula is C20H23N3O5S. The van der Waals surface area contributed by atoms with Gasteiger partial charge in [0, 0.05) is 31.9 Å². The Morgan fingerprint density at radius 1 is 1.21 bits per heavy atom. The van der Waals surface area contributed by atoms with Crippen LogP contribution in [0.2, 0.25) is 0 Å². The Morgan fingerprint density at radius 3 is 2.55 bits per heavy atom. The number of aryl methyl sites for hydroxylation is 1. The van der Waals surface area contributed by atoms with Crippen LogP contribution in [0.4, 0.5) is 0 Å². The average molecular weight is 417 g/mol. The van der Waals surface area contributed by atoms with E-state index in [9.17, 15) is 13.2 Å². The number of carbonyl (C=O) groups is 1. The zero-order valence-corrected chi connectivity index (χ0v) is 17.3. The van der Waals surface area contributed by atoms with Crippen molar-refractivity contribution in [3.63, 3.8) is 0 Å². The van der Waals surface area contributed by atoms with Crippen molar-refractivity contribution >= 4 is 16.0 Å². The highest BCUT2D eigenvalue weighted by molar-refractivity contribution is 7.89. The summed E-state index contributed by atoms with van der Waals surface area (Å²) in [4.78, 5) is 16.8. The third-order valence-electron chi connectivity index (χ3n) is 4.46. The molecule has 9 heteroatoms. The average Bonchev–Trinajstić information content (AvgIpc) is 3.35. The Labute approximate surface area is 169 Å². The lowest BCUT2D eigenvalue weighted by atomic mass is 10.2. The van der Waals surface area contributed by atoms with Gasteiger partial charge in [-0.15, -0.1) is 0 Å². The maximum atomic E-state index is 12.6. The highest BCUT2D eigenvalue weighted by Gasteiger charge is 2.26. The lowest BCUT2D eigenvalue weighted by molar-refractivity contribution is 0.0456. The minimum absolute atomic E-state index is 0.0587. The molecule has 29 heavy (non-hydrogen) atoms. The molecule has 0 aliphatic heterocycles. The number of hydrogen-bond donors (Lipinski definition) is 0. The van der Waals surface area contributed by atoms with Crippen molar-refractivity contribution in [1.29, 1.82) is 0 Å². The molecule has 0 saturated carbocycles. The van der Waals surface area contributed by atoms with Crippen LogP contribution in [0.5, 0.6) is 0 Å². The second kappa shape index (κ2) is 8.62. The van der Waals surface area contributed by atoms with Crippen molar-refractivity contribution in [2.24, 2.45) is 7.05 Å². The lowest BCUT2D eigenvalue weighted by Crippen LogP contribution is -2.30. The van der Waals surface area contributed by atoms with E-state index < -0.39 is 16.0 Å². The molecule has 0 bridgehead atoms. The molecule has 0 unspecified atom stereocenters. The van der Waals surface area contributed by atoms with Crippen LogP contribution in [0.3, 0.4) is 0 Å². The largest absolute Gasteiger partial charge is 0.454 e. The van der Waals surface area contributed by atoms with Gasteiger partial charge >= 0.3 is 5.97 Å². The quantitative estimate of drug-likeness (QED) is 0.523. The summed E-state index contributed by atoms with van der Waals surface area (Å²) in [5, 5.41) is 0. The third-order valence-corrected chi connectivity index (χ3v) is 6.47. The monoisotopic (exact) mass is 417 g/mol. The second-order valence-electron chi connectivity index (χ2n) is 6.35. The molecule has 1 aromatic carbocycles. The molecule has 0 atom stereocenters. The van der Waals surface area contributed by atoms with Gasteiger partial charge in [0.15, 0.2) is 0 Å². The van der Waals surface area contributed by atoms with E-state index in [1.165, 1.54) is 27.4 Å². The van der Waals surface area contributed by atoms with Crippen molar-refractivity contribution in [1.82, 2.24) is 13.9 Å². The number of hydrogen-bond acceptors (Lipinski definition) is 6. The van der Waals surface area contributed by atoms with E-state index in [0.717, 1.165) is 5.56 Å². The maximum absolute atomic E-state index is 12.6. The number of carbonyl (C=O) groups excluding carboxylic acids is 1. The first-order valence-electron chi connectivity index (χ1n) is 9.20. The predicted molar refractivity (Wildman–Crippen MR) is 107 cm³/mol. The first kappa shape index (κ1) is 20.8. The van der Waals surface area contributed by atoms with Gasteiger partial charge in [-0.05, 0) is 18.2 Å². The molecule has 154 valence electrons. The summed E-state index contributed by atoms with van der Waals surface area (Å²) in [6, 6.07) is 10.7. The smallest absolute Gasteiger partial charge is 0.355 e. The number of nitrogens with zero attached hydrogens (tertiary/aromatic N) is 3. The second-order valence-corrected chi connectivity index (χ2v) is 8.29. The predicted octanol–water partition coefficient (Wildman–Crippen LogP) is 3.07. The van der Waals surface area contributed by atoms with Crippen molar-refractivity contribution in [2.45, 2.75) is 25.3 Å². The number of oxazole rings is 1. The van der Waals surface area contributed by atoms with Crippen LogP contribution in [0, 0.1) is 0 Å². The molecule has 0 spiro atoms. The molecule has 0 saturated heterocycles. The van der Waals surface area contributed by atoms with Gasteiger partial charge in [-0.25, -0.2) is 18.2 Å². The summed E-state index contributed by atoms with van der Waals surface area (Å²) in [7, 11) is -2.05. The summed E-state index contributed by atoms with van der Waals surface area (Å²) >= 11 is 0. The van der Waals surface area contributed by atoms with Gasteiger partial charge in [0.2, 0.25) is 15.9 Å². The molecule has 0 fully saturated rings. The van der Waals surface area contributed by atoms with Gasteiger partial charge < -0.3 is 13.7 Å². The van der Waals surface area contributed by atoms with Crippen LogP contribution in [-0.2, 0) is 28.4 Å². The zero-order valence-electron chi connectivity index (χ0n) is 16.5. The number of ether oxygens (including phenoxy) is 1. The van der Waals surface area contributed by atoms with Gasteiger partial charge in [-0.2, -0.15) is 4.31 Å². The number of esters is 1. The fraction of sp³-hybridized carbons (Fsp3) is 0.300. The Bertz CT molecular complexity index is 1080. The van der Waals surface area contributed by atoms with Crippen LogP contribution < -0.4 is 0 Å². The molecular weight excluding hydrogens is 394 g/mol. The summed E-state index contributed by atoms with van der Waals surface area (Å²) < 4.78 is 38.8. The van der Waals surface area contributed by atoms with Crippen molar-refractivity contribution in [3.05, 3.63) is 60.2 Å². The zero-order chi connectivity index (χ0) is 21.0. The van der Waals surface area contributed by atoms with Crippen molar-refractivity contribution in [3.8, 4) is 11.5 Å². The Hall–Kier alpha value is -2.91. The molecule has 0 radical (unpaired) electrons. The van der Waals surface area contributed by atoms with E-state index in [1.54, 1.807) is 20.9 Å². The lowest BCUT2D eigenvalue weighted by Gasteiger charge is -2.17. The third kappa shape index (κ3) is 4.41. The Kier molecular flexibility index (Phi) is 6.19. The Morgan fingerprint density at radius 2 is 1.90 bits per heavy atom. The fourth-order valence-corrected chi connectivity index (χ4v) is 4.42. The maximum Gasteiger partial charge on any atom is 0.355 e. The molecule has 2 heterocycles. The molecule has 0 aliphatic rings. The SMILES string of the molecule is CCN(CC)S(=O)(=O)c1cc(C(=O)OCc2coc(-c3ccccc3)n2)n(C)c1. The molecule has 8 nitrogen and oxygen atoms in total. The van der Waals surface area contributed by atoms with E-state index in [0.29, 0.717) is 24.7 Å². The standard InChI is InChI=1S/C20H23N3O5S/c1-4-23(5-2)29(25,26)17-11-18(22(3)12-17)20(24)28-14-16-13-27-19(21-16)15-9-7-6-8-10-15/h6-13H,4-5,14H2,1-3H3. The van der Waals surface area contributed by atoms with Crippen LogP contribution >= 0.6 is 0 Å². The number of sulfonamides is 1. The highest BCUT2D eigenvalue weighted by atomic mass is 32.2. The summed E-state index contributed by atoms with van der Waals surface area (Å²) in [5.41, 5.74) is 1.42. The van der Waals surface area contributed by atoms with Crippen LogP contribution in [-0.4, -0.2) is 41.3 Å². The normalized spacial score (nSPS) is 11.7.